The number of ether oxygens (including phenoxy) is 2. The Morgan fingerprint density at radius 2 is 1.97 bits per heavy atom. The van der Waals surface area contributed by atoms with Gasteiger partial charge < -0.3 is 14.8 Å². The molecule has 4 rings (SSSR count). The largest absolute Gasteiger partial charge is 0.489 e. The highest BCUT2D eigenvalue weighted by Crippen LogP contribution is 2.26. The topological polar surface area (TPSA) is 78.3 Å². The minimum atomic E-state index is -0.485. The van der Waals surface area contributed by atoms with Crippen molar-refractivity contribution in [3.05, 3.63) is 96.7 Å². The van der Waals surface area contributed by atoms with Gasteiger partial charge in [0, 0.05) is 49.0 Å². The third-order valence-electron chi connectivity index (χ3n) is 4.86. The van der Waals surface area contributed by atoms with Crippen LogP contribution in [0.5, 0.6) is 5.75 Å². The zero-order chi connectivity index (χ0) is 23.8. The molecule has 0 aliphatic heterocycles. The number of carbonyl (C=O) groups excluding carboxylic acids is 1. The Bertz CT molecular complexity index is 1270. The van der Waals surface area contributed by atoms with Crippen LogP contribution in [0.4, 0.5) is 10.1 Å². The van der Waals surface area contributed by atoms with Crippen LogP contribution in [0.1, 0.15) is 5.56 Å². The molecule has 0 saturated heterocycles. The van der Waals surface area contributed by atoms with Crippen molar-refractivity contribution in [2.45, 2.75) is 0 Å². The summed E-state index contributed by atoms with van der Waals surface area (Å²) < 4.78 is 26.1. The average Bonchev–Trinajstić information content (AvgIpc) is 3.30. The lowest BCUT2D eigenvalue weighted by Gasteiger charge is -2.11. The van der Waals surface area contributed by atoms with Crippen LogP contribution >= 0.6 is 0 Å². The summed E-state index contributed by atoms with van der Waals surface area (Å²) in [5.41, 5.74) is 3.34. The lowest BCUT2D eigenvalue weighted by molar-refractivity contribution is -0.111. The van der Waals surface area contributed by atoms with Crippen molar-refractivity contribution >= 4 is 17.7 Å². The van der Waals surface area contributed by atoms with E-state index in [9.17, 15) is 9.18 Å². The van der Waals surface area contributed by atoms with Gasteiger partial charge in [-0.1, -0.05) is 18.2 Å². The number of methoxy groups -OCH3 is 1. The highest BCUT2D eigenvalue weighted by atomic mass is 19.1. The Morgan fingerprint density at radius 3 is 2.74 bits per heavy atom. The van der Waals surface area contributed by atoms with Gasteiger partial charge in [0.15, 0.2) is 0 Å². The van der Waals surface area contributed by atoms with Crippen molar-refractivity contribution in [3.8, 4) is 22.7 Å². The Kier molecular flexibility index (Phi) is 7.42. The van der Waals surface area contributed by atoms with Gasteiger partial charge in [-0.15, -0.1) is 0 Å². The molecular weight excluding hydrogens is 435 g/mol. The first-order valence-corrected chi connectivity index (χ1v) is 10.6. The number of para-hydroxylation sites is 1. The fraction of sp³-hybridized carbons (Fsp3) is 0.115. The van der Waals surface area contributed by atoms with E-state index in [1.165, 1.54) is 24.3 Å². The Hall–Kier alpha value is -4.30. The van der Waals surface area contributed by atoms with Crippen LogP contribution in [-0.2, 0) is 9.53 Å². The maximum Gasteiger partial charge on any atom is 0.248 e. The SMILES string of the molecule is COCCOc1ccc(F)cc1NC(=O)/C=C/c1cn(-c2ccccc2)nc1-c1cccnc1. The normalized spacial score (nSPS) is 11.0. The van der Waals surface area contributed by atoms with Crippen LogP contribution in [0.25, 0.3) is 23.0 Å². The molecule has 8 heteroatoms. The maximum atomic E-state index is 13.8. The van der Waals surface area contributed by atoms with Crippen molar-refractivity contribution < 1.29 is 18.7 Å². The predicted octanol–water partition coefficient (Wildman–Crippen LogP) is 4.75. The highest BCUT2D eigenvalue weighted by Gasteiger charge is 2.12. The molecule has 2 aromatic heterocycles. The number of carbonyl (C=O) groups is 1. The van der Waals surface area contributed by atoms with Gasteiger partial charge in [0.1, 0.15) is 23.9 Å². The molecule has 0 bridgehead atoms. The fourth-order valence-electron chi connectivity index (χ4n) is 3.25. The number of amides is 1. The Labute approximate surface area is 196 Å². The van der Waals surface area contributed by atoms with Gasteiger partial charge in [0.05, 0.1) is 18.0 Å². The molecule has 0 unspecified atom stereocenters. The summed E-state index contributed by atoms with van der Waals surface area (Å²) in [7, 11) is 1.56. The summed E-state index contributed by atoms with van der Waals surface area (Å²) in [6, 6.07) is 17.3. The van der Waals surface area contributed by atoms with Crippen molar-refractivity contribution in [3.63, 3.8) is 0 Å². The molecular formula is C26H23FN4O3. The molecule has 0 aliphatic rings. The lowest BCUT2D eigenvalue weighted by Crippen LogP contribution is -2.11. The molecule has 0 saturated carbocycles. The molecule has 1 amide bonds. The molecule has 0 aliphatic carbocycles. The number of anilines is 1. The minimum Gasteiger partial charge on any atom is -0.489 e. The number of pyridine rings is 1. The van der Waals surface area contributed by atoms with Crippen molar-refractivity contribution in [2.24, 2.45) is 0 Å². The van der Waals surface area contributed by atoms with E-state index < -0.39 is 11.7 Å². The first kappa shape index (κ1) is 22.9. The lowest BCUT2D eigenvalue weighted by atomic mass is 10.1. The van der Waals surface area contributed by atoms with E-state index in [1.807, 2.05) is 48.7 Å². The minimum absolute atomic E-state index is 0.234. The predicted molar refractivity (Wildman–Crippen MR) is 128 cm³/mol. The summed E-state index contributed by atoms with van der Waals surface area (Å²) >= 11 is 0. The van der Waals surface area contributed by atoms with Crippen molar-refractivity contribution in [1.29, 1.82) is 0 Å². The first-order valence-electron chi connectivity index (χ1n) is 10.6. The van der Waals surface area contributed by atoms with Gasteiger partial charge in [-0.25, -0.2) is 9.07 Å². The van der Waals surface area contributed by atoms with Gasteiger partial charge in [0.25, 0.3) is 0 Å². The summed E-state index contributed by atoms with van der Waals surface area (Å²) in [5.74, 6) is -0.568. The molecule has 0 fully saturated rings. The van der Waals surface area contributed by atoms with Crippen LogP contribution in [0, 0.1) is 5.82 Å². The first-order chi connectivity index (χ1) is 16.6. The maximum absolute atomic E-state index is 13.8. The van der Waals surface area contributed by atoms with Gasteiger partial charge in [-0.2, -0.15) is 5.10 Å². The molecule has 1 N–H and O–H groups in total. The summed E-state index contributed by atoms with van der Waals surface area (Å²) in [6.45, 7) is 0.640. The molecule has 0 spiro atoms. The van der Waals surface area contributed by atoms with E-state index >= 15 is 0 Å². The molecule has 2 aromatic carbocycles. The second kappa shape index (κ2) is 11.0. The highest BCUT2D eigenvalue weighted by molar-refractivity contribution is 6.03. The van der Waals surface area contributed by atoms with Gasteiger partial charge in [-0.3, -0.25) is 9.78 Å². The number of halogens is 1. The van der Waals surface area contributed by atoms with Gasteiger partial charge in [0.2, 0.25) is 5.91 Å². The molecule has 4 aromatic rings. The van der Waals surface area contributed by atoms with Crippen LogP contribution < -0.4 is 10.1 Å². The monoisotopic (exact) mass is 458 g/mol. The number of hydrogen-bond donors (Lipinski definition) is 1. The van der Waals surface area contributed by atoms with Crippen molar-refractivity contribution in [1.82, 2.24) is 14.8 Å². The van der Waals surface area contributed by atoms with Gasteiger partial charge in [-0.05, 0) is 42.5 Å². The Balaban J connectivity index is 1.58. The number of nitrogens with one attached hydrogen (secondary N) is 1. The van der Waals surface area contributed by atoms with Crippen LogP contribution in [0.15, 0.2) is 85.3 Å². The van der Waals surface area contributed by atoms with E-state index in [2.05, 4.69) is 10.3 Å². The van der Waals surface area contributed by atoms with Crippen molar-refractivity contribution in [2.75, 3.05) is 25.6 Å². The second-order valence-electron chi connectivity index (χ2n) is 7.26. The number of aromatic nitrogens is 3. The number of benzene rings is 2. The summed E-state index contributed by atoms with van der Waals surface area (Å²) in [6.07, 6.45) is 8.27. The smallest absolute Gasteiger partial charge is 0.248 e. The van der Waals surface area contributed by atoms with Crippen LogP contribution in [0.3, 0.4) is 0 Å². The molecule has 0 atom stereocenters. The molecule has 2 heterocycles. The second-order valence-corrected chi connectivity index (χ2v) is 7.26. The van der Waals surface area contributed by atoms with Gasteiger partial charge >= 0.3 is 0 Å². The van der Waals surface area contributed by atoms with E-state index in [0.29, 0.717) is 18.1 Å². The van der Waals surface area contributed by atoms with E-state index in [0.717, 1.165) is 16.8 Å². The zero-order valence-electron chi connectivity index (χ0n) is 18.5. The number of rotatable bonds is 9. The summed E-state index contributed by atoms with van der Waals surface area (Å²) in [5, 5.41) is 7.37. The van der Waals surface area contributed by atoms with E-state index in [-0.39, 0.29) is 12.3 Å². The average molecular weight is 458 g/mol. The number of nitrogens with zero attached hydrogens (tertiary/aromatic N) is 3. The van der Waals surface area contributed by atoms with Crippen LogP contribution in [-0.4, -0.2) is 41.0 Å². The fourth-order valence-corrected chi connectivity index (χ4v) is 3.25. The molecule has 172 valence electrons. The van der Waals surface area contributed by atoms with E-state index in [4.69, 9.17) is 14.6 Å². The third kappa shape index (κ3) is 5.73. The molecule has 0 radical (unpaired) electrons. The quantitative estimate of drug-likeness (QED) is 0.289. The standard InChI is InChI=1S/C26H23FN4O3/c1-33-14-15-34-24-11-10-21(27)16-23(24)29-25(32)12-9-20-18-31(22-7-3-2-4-8-22)30-26(20)19-6-5-13-28-17-19/h2-13,16-18H,14-15H2,1H3,(H,29,32)/b12-9+. The third-order valence-corrected chi connectivity index (χ3v) is 4.86. The van der Waals surface area contributed by atoms with E-state index in [1.54, 1.807) is 30.3 Å². The zero-order valence-corrected chi connectivity index (χ0v) is 18.5. The molecule has 7 nitrogen and oxygen atoms in total. The van der Waals surface area contributed by atoms with Crippen LogP contribution in [0.2, 0.25) is 0 Å². The molecule has 34 heavy (non-hydrogen) atoms. The summed E-state index contributed by atoms with van der Waals surface area (Å²) in [4.78, 5) is 16.8. The Morgan fingerprint density at radius 1 is 1.12 bits per heavy atom. The number of hydrogen-bond acceptors (Lipinski definition) is 5.